The van der Waals surface area contributed by atoms with E-state index in [1.54, 1.807) is 18.6 Å². The summed E-state index contributed by atoms with van der Waals surface area (Å²) in [5.74, 6) is 0.818. The number of carbonyl (C=O) groups excluding carboxylic acids is 1. The summed E-state index contributed by atoms with van der Waals surface area (Å²) in [4.78, 5) is 30.7. The van der Waals surface area contributed by atoms with E-state index >= 15 is 0 Å². The third kappa shape index (κ3) is 4.82. The summed E-state index contributed by atoms with van der Waals surface area (Å²) in [6.45, 7) is 4.78. The third-order valence-electron chi connectivity index (χ3n) is 5.64. The Morgan fingerprint density at radius 1 is 1.07 bits per heavy atom. The summed E-state index contributed by atoms with van der Waals surface area (Å²) in [6, 6.07) is 14.0. The molecule has 0 saturated carbocycles. The second kappa shape index (κ2) is 9.48. The van der Waals surface area contributed by atoms with E-state index in [0.717, 1.165) is 24.9 Å². The van der Waals surface area contributed by atoms with Crippen LogP contribution < -0.4 is 4.90 Å². The van der Waals surface area contributed by atoms with Crippen LogP contribution in [0.5, 0.6) is 0 Å². The first-order valence-electron chi connectivity index (χ1n) is 10.4. The predicted molar refractivity (Wildman–Crippen MR) is 117 cm³/mol. The summed E-state index contributed by atoms with van der Waals surface area (Å²) in [5.41, 5.74) is 3.41. The van der Waals surface area contributed by atoms with Crippen LogP contribution in [0.15, 0.2) is 67.3 Å². The molecule has 1 aromatic carbocycles. The van der Waals surface area contributed by atoms with E-state index in [1.807, 2.05) is 41.4 Å². The highest BCUT2D eigenvalue weighted by Crippen LogP contribution is 2.24. The number of carbonyl (C=O) groups is 1. The van der Waals surface area contributed by atoms with Gasteiger partial charge in [0, 0.05) is 51.0 Å². The number of benzene rings is 1. The number of hydrogen-bond acceptors (Lipinski definition) is 5. The molecule has 0 radical (unpaired) electrons. The second-order valence-corrected chi connectivity index (χ2v) is 7.82. The molecule has 3 heterocycles. The fourth-order valence-electron chi connectivity index (χ4n) is 3.99. The van der Waals surface area contributed by atoms with Crippen LogP contribution in [0.4, 0.5) is 5.95 Å². The quantitative estimate of drug-likeness (QED) is 0.631. The largest absolute Gasteiger partial charge is 0.340 e. The molecule has 1 fully saturated rings. The summed E-state index contributed by atoms with van der Waals surface area (Å²) in [7, 11) is 0. The number of piperidine rings is 1. The molecule has 0 aliphatic carbocycles. The molecule has 0 unspecified atom stereocenters. The second-order valence-electron chi connectivity index (χ2n) is 7.82. The molecule has 6 heteroatoms. The van der Waals surface area contributed by atoms with Crippen LogP contribution in [0.25, 0.3) is 0 Å². The molecule has 1 aliphatic rings. The molecule has 6 nitrogen and oxygen atoms in total. The van der Waals surface area contributed by atoms with Gasteiger partial charge in [-0.2, -0.15) is 0 Å². The Balaban J connectivity index is 1.54. The van der Waals surface area contributed by atoms with E-state index in [9.17, 15) is 4.79 Å². The maximum absolute atomic E-state index is 13.6. The van der Waals surface area contributed by atoms with Gasteiger partial charge in [-0.25, -0.2) is 9.97 Å². The minimum Gasteiger partial charge on any atom is -0.340 e. The summed E-state index contributed by atoms with van der Waals surface area (Å²) in [5, 5.41) is 0. The monoisotopic (exact) mass is 401 g/mol. The molecule has 1 aliphatic heterocycles. The maximum atomic E-state index is 13.6. The van der Waals surface area contributed by atoms with Crippen LogP contribution in [0.1, 0.15) is 29.5 Å². The van der Waals surface area contributed by atoms with E-state index in [2.05, 4.69) is 38.9 Å². The summed E-state index contributed by atoms with van der Waals surface area (Å²) < 4.78 is 0. The molecule has 30 heavy (non-hydrogen) atoms. The minimum absolute atomic E-state index is 0.0664. The fourth-order valence-corrected chi connectivity index (χ4v) is 3.99. The van der Waals surface area contributed by atoms with Crippen molar-refractivity contribution in [2.24, 2.45) is 5.92 Å². The Morgan fingerprint density at radius 3 is 2.67 bits per heavy atom. The lowest BCUT2D eigenvalue weighted by molar-refractivity contribution is -0.137. The van der Waals surface area contributed by atoms with Crippen molar-refractivity contribution in [1.82, 2.24) is 19.9 Å². The number of hydrogen-bond donors (Lipinski definition) is 0. The van der Waals surface area contributed by atoms with E-state index in [0.29, 0.717) is 25.6 Å². The van der Waals surface area contributed by atoms with Gasteiger partial charge in [0.25, 0.3) is 0 Å². The van der Waals surface area contributed by atoms with Crippen LogP contribution in [-0.2, 0) is 17.9 Å². The average molecular weight is 402 g/mol. The van der Waals surface area contributed by atoms with E-state index in [1.165, 1.54) is 11.1 Å². The molecule has 1 amide bonds. The highest BCUT2D eigenvalue weighted by Gasteiger charge is 2.30. The van der Waals surface area contributed by atoms with Crippen molar-refractivity contribution in [2.45, 2.75) is 32.9 Å². The van der Waals surface area contributed by atoms with E-state index in [-0.39, 0.29) is 11.8 Å². The van der Waals surface area contributed by atoms with Gasteiger partial charge in [0.1, 0.15) is 0 Å². The zero-order valence-corrected chi connectivity index (χ0v) is 17.3. The number of pyridine rings is 1. The molecular formula is C24H27N5O. The van der Waals surface area contributed by atoms with Crippen molar-refractivity contribution in [3.63, 3.8) is 0 Å². The molecule has 0 spiro atoms. The predicted octanol–water partition coefficient (Wildman–Crippen LogP) is 3.63. The molecule has 3 aromatic rings. The number of amides is 1. The molecule has 1 atom stereocenters. The maximum Gasteiger partial charge on any atom is 0.228 e. The van der Waals surface area contributed by atoms with Gasteiger partial charge in [-0.05, 0) is 48.6 Å². The molecular weight excluding hydrogens is 374 g/mol. The zero-order chi connectivity index (χ0) is 20.8. The van der Waals surface area contributed by atoms with Crippen molar-refractivity contribution < 1.29 is 4.79 Å². The number of nitrogens with zero attached hydrogens (tertiary/aromatic N) is 5. The Bertz CT molecular complexity index is 964. The highest BCUT2D eigenvalue weighted by atomic mass is 16.2. The number of aromatic nitrogens is 3. The van der Waals surface area contributed by atoms with Crippen molar-refractivity contribution in [3.05, 3.63) is 83.9 Å². The molecule has 154 valence electrons. The Kier molecular flexibility index (Phi) is 6.32. The normalized spacial score (nSPS) is 16.3. The van der Waals surface area contributed by atoms with Crippen molar-refractivity contribution in [3.8, 4) is 0 Å². The zero-order valence-electron chi connectivity index (χ0n) is 17.3. The lowest BCUT2D eigenvalue weighted by atomic mass is 9.96. The molecule has 0 bridgehead atoms. The lowest BCUT2D eigenvalue weighted by Gasteiger charge is -2.35. The fraction of sp³-hybridized carbons (Fsp3) is 0.333. The van der Waals surface area contributed by atoms with Crippen LogP contribution >= 0.6 is 0 Å². The first-order chi connectivity index (χ1) is 14.7. The average Bonchev–Trinajstić information content (AvgIpc) is 2.81. The van der Waals surface area contributed by atoms with Crippen molar-refractivity contribution >= 4 is 11.9 Å². The lowest BCUT2D eigenvalue weighted by Crippen LogP contribution is -2.45. The van der Waals surface area contributed by atoms with Crippen LogP contribution in [-0.4, -0.2) is 38.8 Å². The van der Waals surface area contributed by atoms with Crippen molar-refractivity contribution in [1.29, 1.82) is 0 Å². The summed E-state index contributed by atoms with van der Waals surface area (Å²) in [6.07, 6.45) is 8.94. The van der Waals surface area contributed by atoms with Crippen LogP contribution in [0, 0.1) is 12.8 Å². The number of aryl methyl sites for hydroxylation is 1. The molecule has 1 saturated heterocycles. The smallest absolute Gasteiger partial charge is 0.228 e. The van der Waals surface area contributed by atoms with Gasteiger partial charge in [-0.1, -0.05) is 30.3 Å². The van der Waals surface area contributed by atoms with Gasteiger partial charge < -0.3 is 9.80 Å². The molecule has 4 rings (SSSR count). The number of rotatable bonds is 6. The Morgan fingerprint density at radius 2 is 1.90 bits per heavy atom. The van der Waals surface area contributed by atoms with Crippen molar-refractivity contribution in [2.75, 3.05) is 18.0 Å². The molecule has 2 aromatic heterocycles. The van der Waals surface area contributed by atoms with Gasteiger partial charge in [-0.15, -0.1) is 0 Å². The Labute approximate surface area is 177 Å². The van der Waals surface area contributed by atoms with Gasteiger partial charge in [0.2, 0.25) is 11.9 Å². The SMILES string of the molecule is Cc1ccccc1CN(Cc1cccnc1)C(=O)[C@@H]1CCCN(c2ncccn2)C1. The van der Waals surface area contributed by atoms with Gasteiger partial charge in [-0.3, -0.25) is 9.78 Å². The minimum atomic E-state index is -0.0664. The van der Waals surface area contributed by atoms with Crippen LogP contribution in [0.3, 0.4) is 0 Å². The molecule has 0 N–H and O–H groups in total. The standard InChI is InChI=1S/C24H27N5O/c1-19-7-2-3-9-21(19)17-29(16-20-8-4-11-25-15-20)23(30)22-10-5-14-28(18-22)24-26-12-6-13-27-24/h2-4,6-9,11-13,15,22H,5,10,14,16-18H2,1H3/t22-/m1/s1. The third-order valence-corrected chi connectivity index (χ3v) is 5.64. The summed E-state index contributed by atoms with van der Waals surface area (Å²) >= 11 is 0. The topological polar surface area (TPSA) is 62.2 Å². The Hall–Kier alpha value is -3.28. The highest BCUT2D eigenvalue weighted by molar-refractivity contribution is 5.79. The van der Waals surface area contributed by atoms with E-state index < -0.39 is 0 Å². The first-order valence-corrected chi connectivity index (χ1v) is 10.4. The van der Waals surface area contributed by atoms with Crippen LogP contribution in [0.2, 0.25) is 0 Å². The van der Waals surface area contributed by atoms with Gasteiger partial charge in [0.05, 0.1) is 5.92 Å². The van der Waals surface area contributed by atoms with Gasteiger partial charge >= 0.3 is 0 Å². The number of anilines is 1. The first kappa shape index (κ1) is 20.0. The van der Waals surface area contributed by atoms with Gasteiger partial charge in [0.15, 0.2) is 0 Å². The van der Waals surface area contributed by atoms with E-state index in [4.69, 9.17) is 0 Å².